The van der Waals surface area contributed by atoms with Gasteiger partial charge in [-0.2, -0.15) is 0 Å². The van der Waals surface area contributed by atoms with Gasteiger partial charge in [0.1, 0.15) is 10.9 Å². The summed E-state index contributed by atoms with van der Waals surface area (Å²) in [6.07, 6.45) is 0. The zero-order valence-electron chi connectivity index (χ0n) is 13.5. The van der Waals surface area contributed by atoms with E-state index in [1.807, 2.05) is 0 Å². The molecule has 0 fully saturated rings. The average molecular weight is 390 g/mol. The Labute approximate surface area is 159 Å². The zero-order valence-corrected chi connectivity index (χ0v) is 15.1. The average Bonchev–Trinajstić information content (AvgIpc) is 2.65. The van der Waals surface area contributed by atoms with Crippen molar-refractivity contribution in [2.24, 2.45) is 0 Å². The van der Waals surface area contributed by atoms with Crippen LogP contribution >= 0.6 is 23.2 Å². The number of carbonyl (C=O) groups excluding carboxylic acids is 2. The van der Waals surface area contributed by atoms with Gasteiger partial charge in [-0.05, 0) is 48.5 Å². The number of methoxy groups -OCH3 is 1. The molecule has 0 aliphatic heterocycles. The van der Waals surface area contributed by atoms with Crippen LogP contribution < -0.4 is 15.6 Å². The van der Waals surface area contributed by atoms with Crippen LogP contribution in [0.25, 0.3) is 10.9 Å². The molecule has 0 spiro atoms. The minimum Gasteiger partial charge on any atom is -0.496 e. The van der Waals surface area contributed by atoms with E-state index in [2.05, 4.69) is 15.8 Å². The van der Waals surface area contributed by atoms with Gasteiger partial charge < -0.3 is 4.74 Å². The van der Waals surface area contributed by atoms with Crippen molar-refractivity contribution in [3.63, 3.8) is 0 Å². The number of carbonyl (C=O) groups is 2. The minimum atomic E-state index is -0.527. The molecule has 2 amide bonds. The van der Waals surface area contributed by atoms with Crippen molar-refractivity contribution in [1.82, 2.24) is 15.8 Å². The van der Waals surface area contributed by atoms with Gasteiger partial charge in [0.25, 0.3) is 11.8 Å². The summed E-state index contributed by atoms with van der Waals surface area (Å²) in [5.74, 6) is -0.692. The SMILES string of the molecule is COc1cc(Cl)ccc1C(=O)NNC(=O)c1ccc2nc(Cl)ccc2c1. The lowest BCUT2D eigenvalue weighted by molar-refractivity contribution is 0.0845. The van der Waals surface area contributed by atoms with Gasteiger partial charge in [-0.25, -0.2) is 4.98 Å². The van der Waals surface area contributed by atoms with Gasteiger partial charge in [0, 0.05) is 16.0 Å². The maximum Gasteiger partial charge on any atom is 0.273 e. The molecule has 3 rings (SSSR count). The lowest BCUT2D eigenvalue weighted by Crippen LogP contribution is -2.41. The summed E-state index contributed by atoms with van der Waals surface area (Å²) >= 11 is 11.7. The van der Waals surface area contributed by atoms with Crippen molar-refractivity contribution in [1.29, 1.82) is 0 Å². The summed E-state index contributed by atoms with van der Waals surface area (Å²) in [5.41, 5.74) is 6.00. The molecule has 1 aromatic heterocycles. The first-order valence-electron chi connectivity index (χ1n) is 7.48. The molecule has 6 nitrogen and oxygen atoms in total. The van der Waals surface area contributed by atoms with Gasteiger partial charge in [-0.3, -0.25) is 20.4 Å². The Bertz CT molecular complexity index is 1010. The largest absolute Gasteiger partial charge is 0.496 e. The van der Waals surface area contributed by atoms with Gasteiger partial charge in [-0.15, -0.1) is 0 Å². The lowest BCUT2D eigenvalue weighted by atomic mass is 10.1. The smallest absolute Gasteiger partial charge is 0.273 e. The molecule has 26 heavy (non-hydrogen) atoms. The number of halogens is 2. The van der Waals surface area contributed by atoms with Gasteiger partial charge in [-0.1, -0.05) is 23.2 Å². The Hall–Kier alpha value is -2.83. The van der Waals surface area contributed by atoms with E-state index in [-0.39, 0.29) is 5.56 Å². The lowest BCUT2D eigenvalue weighted by Gasteiger charge is -2.11. The number of benzene rings is 2. The molecule has 0 atom stereocenters. The zero-order chi connectivity index (χ0) is 18.7. The summed E-state index contributed by atoms with van der Waals surface area (Å²) in [7, 11) is 1.43. The van der Waals surface area contributed by atoms with E-state index < -0.39 is 11.8 Å². The molecule has 2 aromatic carbocycles. The number of hydrogen-bond acceptors (Lipinski definition) is 4. The van der Waals surface area contributed by atoms with Crippen LogP contribution in [0.5, 0.6) is 5.75 Å². The number of pyridine rings is 1. The van der Waals surface area contributed by atoms with Crippen molar-refractivity contribution in [2.75, 3.05) is 7.11 Å². The summed E-state index contributed by atoms with van der Waals surface area (Å²) in [5, 5.41) is 1.57. The van der Waals surface area contributed by atoms with Gasteiger partial charge in [0.05, 0.1) is 18.2 Å². The van der Waals surface area contributed by atoms with Crippen LogP contribution in [-0.2, 0) is 0 Å². The number of aromatic nitrogens is 1. The van der Waals surface area contributed by atoms with E-state index >= 15 is 0 Å². The van der Waals surface area contributed by atoms with Crippen molar-refractivity contribution in [2.45, 2.75) is 0 Å². The fourth-order valence-electron chi connectivity index (χ4n) is 2.35. The Morgan fingerprint density at radius 2 is 1.73 bits per heavy atom. The maximum atomic E-state index is 12.3. The van der Waals surface area contributed by atoms with Crippen LogP contribution in [0.15, 0.2) is 48.5 Å². The number of rotatable bonds is 3. The van der Waals surface area contributed by atoms with E-state index in [4.69, 9.17) is 27.9 Å². The fraction of sp³-hybridized carbons (Fsp3) is 0.0556. The van der Waals surface area contributed by atoms with E-state index in [1.165, 1.54) is 19.2 Å². The number of hydrogen-bond donors (Lipinski definition) is 2. The first kappa shape index (κ1) is 18.0. The first-order valence-corrected chi connectivity index (χ1v) is 8.24. The number of fused-ring (bicyclic) bond motifs is 1. The molecular formula is C18H13Cl2N3O3. The third-order valence-electron chi connectivity index (χ3n) is 3.62. The van der Waals surface area contributed by atoms with E-state index in [0.29, 0.717) is 27.0 Å². The Balaban J connectivity index is 1.72. The normalized spacial score (nSPS) is 10.4. The van der Waals surface area contributed by atoms with Crippen molar-refractivity contribution >= 4 is 45.9 Å². The number of nitrogens with one attached hydrogen (secondary N) is 2. The van der Waals surface area contributed by atoms with Crippen LogP contribution in [-0.4, -0.2) is 23.9 Å². The van der Waals surface area contributed by atoms with Crippen LogP contribution in [0.4, 0.5) is 0 Å². The molecule has 0 unspecified atom stereocenters. The number of nitrogens with zero attached hydrogens (tertiary/aromatic N) is 1. The monoisotopic (exact) mass is 389 g/mol. The summed E-state index contributed by atoms with van der Waals surface area (Å²) in [4.78, 5) is 28.7. The first-order chi connectivity index (χ1) is 12.5. The highest BCUT2D eigenvalue weighted by Crippen LogP contribution is 2.23. The number of ether oxygens (including phenoxy) is 1. The highest BCUT2D eigenvalue weighted by molar-refractivity contribution is 6.31. The van der Waals surface area contributed by atoms with E-state index in [0.717, 1.165) is 5.39 Å². The second-order valence-electron chi connectivity index (χ2n) is 5.29. The Kier molecular flexibility index (Phi) is 5.25. The highest BCUT2D eigenvalue weighted by Gasteiger charge is 2.14. The van der Waals surface area contributed by atoms with Crippen LogP contribution in [0.1, 0.15) is 20.7 Å². The summed E-state index contributed by atoms with van der Waals surface area (Å²) in [6.45, 7) is 0. The van der Waals surface area contributed by atoms with Crippen molar-refractivity contribution < 1.29 is 14.3 Å². The predicted octanol–water partition coefficient (Wildman–Crippen LogP) is 3.63. The van der Waals surface area contributed by atoms with Crippen LogP contribution in [0.2, 0.25) is 10.2 Å². The third-order valence-corrected chi connectivity index (χ3v) is 4.06. The molecule has 3 aromatic rings. The molecule has 1 heterocycles. The van der Waals surface area contributed by atoms with Crippen LogP contribution in [0, 0.1) is 0 Å². The van der Waals surface area contributed by atoms with E-state index in [1.54, 1.807) is 36.4 Å². The third kappa shape index (κ3) is 3.87. The second-order valence-corrected chi connectivity index (χ2v) is 6.12. The topological polar surface area (TPSA) is 80.3 Å². The van der Waals surface area contributed by atoms with Crippen molar-refractivity contribution in [3.05, 3.63) is 69.8 Å². The molecule has 132 valence electrons. The molecule has 0 radical (unpaired) electrons. The molecule has 0 bridgehead atoms. The van der Waals surface area contributed by atoms with Crippen LogP contribution in [0.3, 0.4) is 0 Å². The Morgan fingerprint density at radius 1 is 0.962 bits per heavy atom. The molecular weight excluding hydrogens is 377 g/mol. The molecule has 2 N–H and O–H groups in total. The summed E-state index contributed by atoms with van der Waals surface area (Å²) < 4.78 is 5.12. The minimum absolute atomic E-state index is 0.245. The molecule has 0 saturated carbocycles. The van der Waals surface area contributed by atoms with Gasteiger partial charge in [0.2, 0.25) is 0 Å². The standard InChI is InChI=1S/C18H13Cl2N3O3/c1-26-15-9-12(19)4-5-13(15)18(25)23-22-17(24)11-2-6-14-10(8-11)3-7-16(20)21-14/h2-9H,1H3,(H,22,24)(H,23,25). The summed E-state index contributed by atoms with van der Waals surface area (Å²) in [6, 6.07) is 12.9. The number of amides is 2. The fourth-order valence-corrected chi connectivity index (χ4v) is 2.66. The maximum absolute atomic E-state index is 12.3. The van der Waals surface area contributed by atoms with Gasteiger partial charge >= 0.3 is 0 Å². The molecule has 8 heteroatoms. The quantitative estimate of drug-likeness (QED) is 0.529. The van der Waals surface area contributed by atoms with E-state index in [9.17, 15) is 9.59 Å². The highest BCUT2D eigenvalue weighted by atomic mass is 35.5. The predicted molar refractivity (Wildman–Crippen MR) is 99.7 cm³/mol. The number of hydrazine groups is 1. The van der Waals surface area contributed by atoms with Crippen molar-refractivity contribution in [3.8, 4) is 5.75 Å². The molecule has 0 saturated heterocycles. The van der Waals surface area contributed by atoms with Gasteiger partial charge in [0.15, 0.2) is 0 Å². The Morgan fingerprint density at radius 3 is 2.50 bits per heavy atom. The second kappa shape index (κ2) is 7.59. The molecule has 0 aliphatic carbocycles. The molecule has 0 aliphatic rings.